The first-order valence-electron chi connectivity index (χ1n) is 7.35. The number of ether oxygens (including phenoxy) is 1. The van der Waals surface area contributed by atoms with Crippen LogP contribution in [0.25, 0.3) is 0 Å². The molecule has 3 nitrogen and oxygen atoms in total. The molecule has 0 radical (unpaired) electrons. The predicted molar refractivity (Wildman–Crippen MR) is 91.1 cm³/mol. The van der Waals surface area contributed by atoms with E-state index in [0.717, 1.165) is 5.69 Å². The van der Waals surface area contributed by atoms with Gasteiger partial charge in [-0.1, -0.05) is 37.6 Å². The number of halogens is 1. The minimum absolute atomic E-state index is 0.192. The highest BCUT2D eigenvalue weighted by Crippen LogP contribution is 2.26. The minimum atomic E-state index is -0.192. The fourth-order valence-corrected chi connectivity index (χ4v) is 2.30. The standard InChI is InChI=1S/C18H20ClNO2/c1-4-22-17-10-7-14(11-16(17)19)18(21)20-15-8-5-13(6-9-15)12(2)3/h5-12H,4H2,1-3H3,(H,20,21). The molecular formula is C18H20ClNO2. The molecule has 0 aliphatic rings. The van der Waals surface area contributed by atoms with E-state index in [0.29, 0.717) is 28.9 Å². The van der Waals surface area contributed by atoms with Crippen LogP contribution in [0.4, 0.5) is 5.69 Å². The lowest BCUT2D eigenvalue weighted by molar-refractivity contribution is 0.102. The molecule has 2 rings (SSSR count). The largest absolute Gasteiger partial charge is 0.492 e. The van der Waals surface area contributed by atoms with Gasteiger partial charge in [0.25, 0.3) is 5.91 Å². The van der Waals surface area contributed by atoms with Crippen molar-refractivity contribution in [3.63, 3.8) is 0 Å². The zero-order valence-electron chi connectivity index (χ0n) is 13.0. The summed E-state index contributed by atoms with van der Waals surface area (Å²) in [4.78, 5) is 12.2. The lowest BCUT2D eigenvalue weighted by Gasteiger charge is -2.10. The monoisotopic (exact) mass is 317 g/mol. The highest BCUT2D eigenvalue weighted by Gasteiger charge is 2.10. The Hall–Kier alpha value is -2.00. The molecule has 22 heavy (non-hydrogen) atoms. The highest BCUT2D eigenvalue weighted by molar-refractivity contribution is 6.32. The second kappa shape index (κ2) is 7.32. The Kier molecular flexibility index (Phi) is 5.45. The van der Waals surface area contributed by atoms with Gasteiger partial charge in [0, 0.05) is 11.3 Å². The van der Waals surface area contributed by atoms with E-state index in [1.54, 1.807) is 18.2 Å². The van der Waals surface area contributed by atoms with Gasteiger partial charge in [0.1, 0.15) is 5.75 Å². The third kappa shape index (κ3) is 4.01. The molecule has 1 amide bonds. The van der Waals surface area contributed by atoms with Crippen LogP contribution >= 0.6 is 11.6 Å². The van der Waals surface area contributed by atoms with Crippen LogP contribution in [0, 0.1) is 0 Å². The van der Waals surface area contributed by atoms with Gasteiger partial charge in [0.2, 0.25) is 0 Å². The Morgan fingerprint density at radius 1 is 1.18 bits per heavy atom. The SMILES string of the molecule is CCOc1ccc(C(=O)Nc2ccc(C(C)C)cc2)cc1Cl. The molecule has 0 aromatic heterocycles. The molecule has 116 valence electrons. The van der Waals surface area contributed by atoms with Crippen molar-refractivity contribution < 1.29 is 9.53 Å². The number of anilines is 1. The van der Waals surface area contributed by atoms with Gasteiger partial charge < -0.3 is 10.1 Å². The van der Waals surface area contributed by atoms with Crippen molar-refractivity contribution in [3.8, 4) is 5.75 Å². The number of nitrogens with one attached hydrogen (secondary N) is 1. The maximum absolute atomic E-state index is 12.2. The molecule has 0 aliphatic heterocycles. The molecule has 0 aliphatic carbocycles. The normalized spacial score (nSPS) is 10.6. The van der Waals surface area contributed by atoms with Crippen molar-refractivity contribution in [3.05, 3.63) is 58.6 Å². The van der Waals surface area contributed by atoms with Crippen LogP contribution in [0.15, 0.2) is 42.5 Å². The van der Waals surface area contributed by atoms with Crippen LogP contribution in [0.1, 0.15) is 42.6 Å². The molecule has 0 atom stereocenters. The van der Waals surface area contributed by atoms with Gasteiger partial charge in [-0.15, -0.1) is 0 Å². The fourth-order valence-electron chi connectivity index (χ4n) is 2.07. The minimum Gasteiger partial charge on any atom is -0.492 e. The molecule has 0 spiro atoms. The Bertz CT molecular complexity index is 651. The van der Waals surface area contributed by atoms with Gasteiger partial charge in [-0.05, 0) is 48.7 Å². The molecule has 0 heterocycles. The molecule has 0 fully saturated rings. The average molecular weight is 318 g/mol. The molecule has 2 aromatic carbocycles. The number of rotatable bonds is 5. The molecular weight excluding hydrogens is 298 g/mol. The van der Waals surface area contributed by atoms with Crippen molar-refractivity contribution in [2.24, 2.45) is 0 Å². The van der Waals surface area contributed by atoms with Crippen molar-refractivity contribution >= 4 is 23.2 Å². The summed E-state index contributed by atoms with van der Waals surface area (Å²) in [6.45, 7) is 6.69. The van der Waals surface area contributed by atoms with Crippen LogP contribution in [0.3, 0.4) is 0 Å². The van der Waals surface area contributed by atoms with Gasteiger partial charge in [-0.3, -0.25) is 4.79 Å². The van der Waals surface area contributed by atoms with Gasteiger partial charge >= 0.3 is 0 Å². The second-order valence-corrected chi connectivity index (χ2v) is 5.72. The lowest BCUT2D eigenvalue weighted by Crippen LogP contribution is -2.12. The number of carbonyl (C=O) groups is 1. The number of hydrogen-bond donors (Lipinski definition) is 1. The van der Waals surface area contributed by atoms with Crippen LogP contribution < -0.4 is 10.1 Å². The number of carbonyl (C=O) groups excluding carboxylic acids is 1. The third-order valence-electron chi connectivity index (χ3n) is 3.33. The van der Waals surface area contributed by atoms with E-state index in [2.05, 4.69) is 19.2 Å². The summed E-state index contributed by atoms with van der Waals surface area (Å²) in [5, 5.41) is 3.30. The first-order valence-corrected chi connectivity index (χ1v) is 7.72. The van der Waals surface area contributed by atoms with E-state index >= 15 is 0 Å². The van der Waals surface area contributed by atoms with Crippen molar-refractivity contribution in [1.82, 2.24) is 0 Å². The molecule has 1 N–H and O–H groups in total. The van der Waals surface area contributed by atoms with Crippen molar-refractivity contribution in [2.75, 3.05) is 11.9 Å². The lowest BCUT2D eigenvalue weighted by atomic mass is 10.0. The van der Waals surface area contributed by atoms with Gasteiger partial charge in [0.15, 0.2) is 0 Å². The van der Waals surface area contributed by atoms with Crippen LogP contribution in [-0.2, 0) is 0 Å². The van der Waals surface area contributed by atoms with E-state index in [1.807, 2.05) is 31.2 Å². The van der Waals surface area contributed by atoms with Crippen LogP contribution in [-0.4, -0.2) is 12.5 Å². The van der Waals surface area contributed by atoms with Crippen LogP contribution in [0.5, 0.6) is 5.75 Å². The fraction of sp³-hybridized carbons (Fsp3) is 0.278. The highest BCUT2D eigenvalue weighted by atomic mass is 35.5. The number of benzene rings is 2. The molecule has 0 saturated carbocycles. The molecule has 2 aromatic rings. The Morgan fingerprint density at radius 2 is 1.86 bits per heavy atom. The molecule has 4 heteroatoms. The average Bonchev–Trinajstić information content (AvgIpc) is 2.50. The van der Waals surface area contributed by atoms with E-state index in [4.69, 9.17) is 16.3 Å². The summed E-state index contributed by atoms with van der Waals surface area (Å²) in [7, 11) is 0. The van der Waals surface area contributed by atoms with E-state index in [9.17, 15) is 4.79 Å². The van der Waals surface area contributed by atoms with Gasteiger partial charge in [-0.2, -0.15) is 0 Å². The number of amides is 1. The summed E-state index contributed by atoms with van der Waals surface area (Å²) < 4.78 is 5.36. The van der Waals surface area contributed by atoms with Crippen molar-refractivity contribution in [2.45, 2.75) is 26.7 Å². The number of hydrogen-bond acceptors (Lipinski definition) is 2. The third-order valence-corrected chi connectivity index (χ3v) is 3.62. The summed E-state index contributed by atoms with van der Waals surface area (Å²) in [6.07, 6.45) is 0. The maximum atomic E-state index is 12.2. The molecule has 0 bridgehead atoms. The van der Waals surface area contributed by atoms with E-state index in [-0.39, 0.29) is 5.91 Å². The first-order chi connectivity index (χ1) is 10.5. The topological polar surface area (TPSA) is 38.3 Å². The summed E-state index contributed by atoms with van der Waals surface area (Å²) >= 11 is 6.11. The summed E-state index contributed by atoms with van der Waals surface area (Å²) in [5.74, 6) is 0.860. The Morgan fingerprint density at radius 3 is 2.41 bits per heavy atom. The summed E-state index contributed by atoms with van der Waals surface area (Å²) in [6, 6.07) is 12.9. The Balaban J connectivity index is 2.10. The van der Waals surface area contributed by atoms with Gasteiger partial charge in [-0.25, -0.2) is 0 Å². The first kappa shape index (κ1) is 16.4. The zero-order valence-corrected chi connectivity index (χ0v) is 13.8. The molecule has 0 unspecified atom stereocenters. The zero-order chi connectivity index (χ0) is 16.1. The summed E-state index contributed by atoms with van der Waals surface area (Å²) in [5.41, 5.74) is 2.50. The predicted octanol–water partition coefficient (Wildman–Crippen LogP) is 5.11. The van der Waals surface area contributed by atoms with E-state index < -0.39 is 0 Å². The van der Waals surface area contributed by atoms with E-state index in [1.165, 1.54) is 5.56 Å². The molecule has 0 saturated heterocycles. The van der Waals surface area contributed by atoms with Gasteiger partial charge in [0.05, 0.1) is 11.6 Å². The maximum Gasteiger partial charge on any atom is 0.255 e. The quantitative estimate of drug-likeness (QED) is 0.831. The van der Waals surface area contributed by atoms with Crippen LogP contribution in [0.2, 0.25) is 5.02 Å². The van der Waals surface area contributed by atoms with Crippen molar-refractivity contribution in [1.29, 1.82) is 0 Å². The smallest absolute Gasteiger partial charge is 0.255 e. The Labute approximate surface area is 136 Å². The second-order valence-electron chi connectivity index (χ2n) is 5.31.